The van der Waals surface area contributed by atoms with E-state index in [1.807, 2.05) is 6.07 Å². The summed E-state index contributed by atoms with van der Waals surface area (Å²) in [6.45, 7) is 7.73. The summed E-state index contributed by atoms with van der Waals surface area (Å²) in [5.41, 5.74) is 2.56. The van der Waals surface area contributed by atoms with Gasteiger partial charge in [0.05, 0.1) is 14.2 Å². The average Bonchev–Trinajstić information content (AvgIpc) is 2.69. The maximum Gasteiger partial charge on any atom is 0.160 e. The molecule has 1 atom stereocenters. The van der Waals surface area contributed by atoms with E-state index in [2.05, 4.69) is 61.5 Å². The molecule has 0 radical (unpaired) electrons. The second-order valence-corrected chi connectivity index (χ2v) is 7.69. The zero-order valence-electron chi connectivity index (χ0n) is 17.6. The Labute approximate surface area is 165 Å². The molecular weight excluding hydrogens is 336 g/mol. The number of nitrogens with one attached hydrogen (secondary N) is 1. The summed E-state index contributed by atoms with van der Waals surface area (Å²) in [6, 6.07) is 6.17. The quantitative estimate of drug-likeness (QED) is 0.588. The fraction of sp³-hybridized carbons (Fsp3) is 0.565. The smallest absolute Gasteiger partial charge is 0.160 e. The lowest BCUT2D eigenvalue weighted by Gasteiger charge is -2.21. The molecule has 1 aliphatic carbocycles. The summed E-state index contributed by atoms with van der Waals surface area (Å²) >= 11 is 0. The molecular formula is C23H36N2O2. The van der Waals surface area contributed by atoms with E-state index < -0.39 is 0 Å². The molecule has 2 rings (SSSR count). The van der Waals surface area contributed by atoms with E-state index in [1.54, 1.807) is 14.2 Å². The Balaban J connectivity index is 1.68. The number of hydrogen-bond donors (Lipinski definition) is 1. The molecule has 0 fully saturated rings. The standard InChI is InChI=1S/C23H36N2O2/c1-18(2)20-8-6-9-21(17-20)24-13-7-14-25(3)15-12-19-10-11-22(26-4)23(16-19)27-5/h6,9-11,16-18,20,24H,7-8,12-15H2,1-5H3. The van der Waals surface area contributed by atoms with Crippen molar-refractivity contribution >= 4 is 0 Å². The third-order valence-corrected chi connectivity index (χ3v) is 5.23. The highest BCUT2D eigenvalue weighted by Crippen LogP contribution is 2.27. The molecule has 0 heterocycles. The van der Waals surface area contributed by atoms with Crippen molar-refractivity contribution in [3.63, 3.8) is 0 Å². The Hall–Kier alpha value is -1.94. The van der Waals surface area contributed by atoms with Gasteiger partial charge >= 0.3 is 0 Å². The van der Waals surface area contributed by atoms with Gasteiger partial charge in [0.25, 0.3) is 0 Å². The van der Waals surface area contributed by atoms with Gasteiger partial charge in [-0.3, -0.25) is 0 Å². The van der Waals surface area contributed by atoms with Gasteiger partial charge in [0, 0.05) is 18.8 Å². The first-order valence-electron chi connectivity index (χ1n) is 10.0. The topological polar surface area (TPSA) is 33.7 Å². The lowest BCUT2D eigenvalue weighted by Crippen LogP contribution is -2.26. The molecule has 1 aromatic rings. The first kappa shape index (κ1) is 21.4. The molecule has 150 valence electrons. The minimum Gasteiger partial charge on any atom is -0.493 e. The zero-order valence-corrected chi connectivity index (χ0v) is 17.6. The van der Waals surface area contributed by atoms with Crippen LogP contribution in [0.5, 0.6) is 11.5 Å². The normalized spacial score (nSPS) is 16.6. The number of ether oxygens (including phenoxy) is 2. The number of nitrogens with zero attached hydrogens (tertiary/aromatic N) is 1. The van der Waals surface area contributed by atoms with Crippen LogP contribution in [0.2, 0.25) is 0 Å². The van der Waals surface area contributed by atoms with Gasteiger partial charge in [-0.2, -0.15) is 0 Å². The van der Waals surface area contributed by atoms with Crippen molar-refractivity contribution in [1.29, 1.82) is 0 Å². The maximum atomic E-state index is 5.39. The third-order valence-electron chi connectivity index (χ3n) is 5.23. The van der Waals surface area contributed by atoms with Gasteiger partial charge in [0.15, 0.2) is 11.5 Å². The second-order valence-electron chi connectivity index (χ2n) is 7.69. The SMILES string of the molecule is COc1ccc(CCN(C)CCCNC2=CC(C(C)C)CC=C2)cc1OC. The first-order chi connectivity index (χ1) is 13.0. The molecule has 0 saturated carbocycles. The van der Waals surface area contributed by atoms with Crippen LogP contribution in [0.3, 0.4) is 0 Å². The second kappa shape index (κ2) is 11.0. The van der Waals surface area contributed by atoms with Crippen LogP contribution in [0.4, 0.5) is 0 Å². The lowest BCUT2D eigenvalue weighted by molar-refractivity contribution is 0.331. The molecule has 0 spiro atoms. The molecule has 27 heavy (non-hydrogen) atoms. The van der Waals surface area contributed by atoms with Gasteiger partial charge in [-0.1, -0.05) is 32.1 Å². The molecule has 0 saturated heterocycles. The van der Waals surface area contributed by atoms with Crippen molar-refractivity contribution in [3.05, 3.63) is 47.7 Å². The fourth-order valence-corrected chi connectivity index (χ4v) is 3.34. The summed E-state index contributed by atoms with van der Waals surface area (Å²) in [6.07, 6.45) is 10.2. The first-order valence-corrected chi connectivity index (χ1v) is 10.0. The number of likely N-dealkylation sites (N-methyl/N-ethyl adjacent to an activating group) is 1. The highest BCUT2D eigenvalue weighted by Gasteiger charge is 2.12. The van der Waals surface area contributed by atoms with Gasteiger partial charge in [-0.15, -0.1) is 0 Å². The zero-order chi connectivity index (χ0) is 19.6. The van der Waals surface area contributed by atoms with Crippen LogP contribution < -0.4 is 14.8 Å². The van der Waals surface area contributed by atoms with Crippen molar-refractivity contribution in [2.45, 2.75) is 33.1 Å². The maximum absolute atomic E-state index is 5.39. The van der Waals surface area contributed by atoms with Crippen LogP contribution in [0.1, 0.15) is 32.3 Å². The van der Waals surface area contributed by atoms with Crippen LogP contribution in [-0.4, -0.2) is 45.8 Å². The van der Waals surface area contributed by atoms with Gasteiger partial charge in [0.2, 0.25) is 0 Å². The number of allylic oxidation sites excluding steroid dienone is 3. The fourth-order valence-electron chi connectivity index (χ4n) is 3.34. The predicted molar refractivity (Wildman–Crippen MR) is 114 cm³/mol. The lowest BCUT2D eigenvalue weighted by atomic mass is 9.89. The summed E-state index contributed by atoms with van der Waals surface area (Å²) in [5, 5.41) is 3.58. The Morgan fingerprint density at radius 2 is 1.93 bits per heavy atom. The Morgan fingerprint density at radius 3 is 2.63 bits per heavy atom. The van der Waals surface area contributed by atoms with Gasteiger partial charge in [0.1, 0.15) is 0 Å². The number of methoxy groups -OCH3 is 2. The molecule has 0 aromatic heterocycles. The third kappa shape index (κ3) is 6.94. The predicted octanol–water partition coefficient (Wildman–Crippen LogP) is 4.27. The van der Waals surface area contributed by atoms with E-state index in [0.717, 1.165) is 44.0 Å². The van der Waals surface area contributed by atoms with Gasteiger partial charge in [-0.05, 0) is 68.5 Å². The number of rotatable bonds is 11. The van der Waals surface area contributed by atoms with Gasteiger partial charge in [-0.25, -0.2) is 0 Å². The number of benzene rings is 1. The van der Waals surface area contributed by atoms with E-state index in [4.69, 9.17) is 9.47 Å². The van der Waals surface area contributed by atoms with E-state index >= 15 is 0 Å². The Morgan fingerprint density at radius 1 is 1.15 bits per heavy atom. The molecule has 1 aromatic carbocycles. The highest BCUT2D eigenvalue weighted by molar-refractivity contribution is 5.42. The summed E-state index contributed by atoms with van der Waals surface area (Å²) in [4.78, 5) is 2.39. The van der Waals surface area contributed by atoms with Crippen molar-refractivity contribution in [2.24, 2.45) is 11.8 Å². The molecule has 0 aliphatic heterocycles. The Kier molecular flexibility index (Phi) is 8.73. The van der Waals surface area contributed by atoms with Crippen LogP contribution >= 0.6 is 0 Å². The molecule has 1 aliphatic rings. The van der Waals surface area contributed by atoms with Crippen molar-refractivity contribution in [1.82, 2.24) is 10.2 Å². The molecule has 1 N–H and O–H groups in total. The molecule has 4 nitrogen and oxygen atoms in total. The van der Waals surface area contributed by atoms with Crippen molar-refractivity contribution in [3.8, 4) is 11.5 Å². The van der Waals surface area contributed by atoms with Crippen LogP contribution in [0.25, 0.3) is 0 Å². The van der Waals surface area contributed by atoms with Crippen molar-refractivity contribution in [2.75, 3.05) is 40.9 Å². The van der Waals surface area contributed by atoms with Gasteiger partial charge < -0.3 is 19.7 Å². The number of hydrogen-bond acceptors (Lipinski definition) is 4. The highest BCUT2D eigenvalue weighted by atomic mass is 16.5. The van der Waals surface area contributed by atoms with E-state index in [-0.39, 0.29) is 0 Å². The van der Waals surface area contributed by atoms with Crippen LogP contribution in [-0.2, 0) is 6.42 Å². The summed E-state index contributed by atoms with van der Waals surface area (Å²) < 4.78 is 10.7. The molecule has 4 heteroatoms. The minimum absolute atomic E-state index is 0.668. The van der Waals surface area contributed by atoms with Crippen LogP contribution in [0.15, 0.2) is 42.1 Å². The van der Waals surface area contributed by atoms with E-state index in [9.17, 15) is 0 Å². The largest absolute Gasteiger partial charge is 0.493 e. The molecule has 0 amide bonds. The Bertz CT molecular complexity index is 637. The van der Waals surface area contributed by atoms with E-state index in [0.29, 0.717) is 11.8 Å². The molecule has 1 unspecified atom stereocenters. The average molecular weight is 373 g/mol. The monoisotopic (exact) mass is 372 g/mol. The van der Waals surface area contributed by atoms with E-state index in [1.165, 1.54) is 17.7 Å². The van der Waals surface area contributed by atoms with Crippen LogP contribution in [0, 0.1) is 11.8 Å². The minimum atomic E-state index is 0.668. The summed E-state index contributed by atoms with van der Waals surface area (Å²) in [5.74, 6) is 2.96. The molecule has 0 bridgehead atoms. The summed E-state index contributed by atoms with van der Waals surface area (Å²) in [7, 11) is 5.54. The van der Waals surface area contributed by atoms with Crippen molar-refractivity contribution < 1.29 is 9.47 Å².